The Morgan fingerprint density at radius 3 is 2.43 bits per heavy atom. The average Bonchev–Trinajstić information content (AvgIpc) is 2.17. The molecule has 0 saturated heterocycles. The van der Waals surface area contributed by atoms with Crippen LogP contribution in [0, 0.1) is 5.41 Å². The molecule has 0 aliphatic carbocycles. The fourth-order valence-corrected chi connectivity index (χ4v) is 1.33. The highest BCUT2D eigenvalue weighted by molar-refractivity contribution is 5.49. The molecule has 0 N–H and O–H groups in total. The van der Waals surface area contributed by atoms with Gasteiger partial charge in [-0.3, -0.25) is 0 Å². The van der Waals surface area contributed by atoms with Gasteiger partial charge in [-0.25, -0.2) is 0 Å². The van der Waals surface area contributed by atoms with Gasteiger partial charge in [0.1, 0.15) is 0 Å². The maximum absolute atomic E-state index is 3.77. The highest BCUT2D eigenvalue weighted by atomic mass is 14.1. The van der Waals surface area contributed by atoms with Crippen LogP contribution < -0.4 is 0 Å². The Balaban J connectivity index is 2.68. The summed E-state index contributed by atoms with van der Waals surface area (Å²) in [4.78, 5) is 0. The summed E-state index contributed by atoms with van der Waals surface area (Å²) in [6, 6.07) is 10.4. The molecule has 0 amide bonds. The van der Waals surface area contributed by atoms with E-state index in [4.69, 9.17) is 0 Å². The molecule has 0 bridgehead atoms. The summed E-state index contributed by atoms with van der Waals surface area (Å²) in [5.41, 5.74) is 1.46. The highest BCUT2D eigenvalue weighted by Crippen LogP contribution is 2.23. The van der Waals surface area contributed by atoms with Gasteiger partial charge in [0.05, 0.1) is 0 Å². The zero-order valence-electron chi connectivity index (χ0n) is 9.03. The minimum atomic E-state index is 0.206. The van der Waals surface area contributed by atoms with Gasteiger partial charge in [-0.2, -0.15) is 0 Å². The molecule has 0 heteroatoms. The Morgan fingerprint density at radius 2 is 1.86 bits per heavy atom. The maximum atomic E-state index is 3.77. The average molecular weight is 186 g/mol. The van der Waals surface area contributed by atoms with Crippen LogP contribution in [0.15, 0.2) is 49.1 Å². The van der Waals surface area contributed by atoms with Crippen molar-refractivity contribution in [2.75, 3.05) is 0 Å². The third-order valence-electron chi connectivity index (χ3n) is 2.20. The number of hydrogen-bond donors (Lipinski definition) is 0. The van der Waals surface area contributed by atoms with E-state index in [-0.39, 0.29) is 5.41 Å². The van der Waals surface area contributed by atoms with Crippen molar-refractivity contribution in [3.63, 3.8) is 0 Å². The van der Waals surface area contributed by atoms with Crippen LogP contribution in [0.5, 0.6) is 0 Å². The van der Waals surface area contributed by atoms with Gasteiger partial charge >= 0.3 is 0 Å². The Labute approximate surface area is 87.0 Å². The van der Waals surface area contributed by atoms with Crippen LogP contribution in [0.1, 0.15) is 25.8 Å². The van der Waals surface area contributed by atoms with Gasteiger partial charge in [-0.05, 0) is 17.4 Å². The largest absolute Gasteiger partial charge is 0.103 e. The van der Waals surface area contributed by atoms with Crippen molar-refractivity contribution < 1.29 is 0 Å². The molecule has 0 heterocycles. The van der Waals surface area contributed by atoms with E-state index in [1.54, 1.807) is 0 Å². The summed E-state index contributed by atoms with van der Waals surface area (Å²) in [5, 5.41) is 0. The van der Waals surface area contributed by atoms with Gasteiger partial charge in [0.15, 0.2) is 0 Å². The molecule has 0 aliphatic rings. The van der Waals surface area contributed by atoms with Gasteiger partial charge in [0, 0.05) is 0 Å². The first-order chi connectivity index (χ1) is 6.64. The van der Waals surface area contributed by atoms with Crippen molar-refractivity contribution in [2.45, 2.75) is 20.3 Å². The zero-order valence-corrected chi connectivity index (χ0v) is 9.03. The van der Waals surface area contributed by atoms with Crippen LogP contribution in [0.3, 0.4) is 0 Å². The van der Waals surface area contributed by atoms with E-state index >= 15 is 0 Å². The minimum absolute atomic E-state index is 0.206. The quantitative estimate of drug-likeness (QED) is 0.615. The molecule has 1 aromatic carbocycles. The Morgan fingerprint density at radius 1 is 1.21 bits per heavy atom. The second-order valence-electron chi connectivity index (χ2n) is 4.23. The SMILES string of the molecule is C=CCC(C)(C)/C=C/c1ccccc1. The topological polar surface area (TPSA) is 0 Å². The van der Waals surface area contributed by atoms with Gasteiger partial charge in [-0.15, -0.1) is 6.58 Å². The van der Waals surface area contributed by atoms with Gasteiger partial charge < -0.3 is 0 Å². The zero-order chi connectivity index (χ0) is 10.4. The lowest BCUT2D eigenvalue weighted by Crippen LogP contribution is -2.04. The van der Waals surface area contributed by atoms with Crippen molar-refractivity contribution >= 4 is 6.08 Å². The molecule has 0 nitrogen and oxygen atoms in total. The van der Waals surface area contributed by atoms with Crippen LogP contribution >= 0.6 is 0 Å². The third kappa shape index (κ3) is 3.61. The molecular weight excluding hydrogens is 168 g/mol. The van der Waals surface area contributed by atoms with Gasteiger partial charge in [0.2, 0.25) is 0 Å². The molecule has 0 unspecified atom stereocenters. The molecule has 0 atom stereocenters. The standard InChI is InChI=1S/C14H18/c1-4-11-14(2,3)12-10-13-8-6-5-7-9-13/h4-10,12H,1,11H2,2-3H3/b12-10+. The molecule has 0 spiro atoms. The first-order valence-corrected chi connectivity index (χ1v) is 4.99. The van der Waals surface area contributed by atoms with E-state index in [2.05, 4.69) is 56.8 Å². The molecule has 74 valence electrons. The molecule has 0 saturated carbocycles. The third-order valence-corrected chi connectivity index (χ3v) is 2.20. The lowest BCUT2D eigenvalue weighted by molar-refractivity contribution is 0.492. The summed E-state index contributed by atoms with van der Waals surface area (Å²) < 4.78 is 0. The molecule has 0 radical (unpaired) electrons. The summed E-state index contributed by atoms with van der Waals surface area (Å²) in [5.74, 6) is 0. The second-order valence-corrected chi connectivity index (χ2v) is 4.23. The lowest BCUT2D eigenvalue weighted by atomic mass is 9.88. The molecule has 1 aromatic rings. The van der Waals surface area contributed by atoms with Gasteiger partial charge in [0.25, 0.3) is 0 Å². The first-order valence-electron chi connectivity index (χ1n) is 4.99. The molecule has 14 heavy (non-hydrogen) atoms. The fraction of sp³-hybridized carbons (Fsp3) is 0.286. The van der Waals surface area contributed by atoms with Crippen LogP contribution in [0.2, 0.25) is 0 Å². The number of hydrogen-bond acceptors (Lipinski definition) is 0. The summed E-state index contributed by atoms with van der Waals surface area (Å²) in [6.07, 6.45) is 7.39. The predicted molar refractivity (Wildman–Crippen MR) is 64.1 cm³/mol. The maximum Gasteiger partial charge on any atom is -0.0137 e. The molecule has 0 aromatic heterocycles. The summed E-state index contributed by atoms with van der Waals surface area (Å²) >= 11 is 0. The fourth-order valence-electron chi connectivity index (χ4n) is 1.33. The van der Waals surface area contributed by atoms with Crippen molar-refractivity contribution in [1.82, 2.24) is 0 Å². The molecular formula is C14H18. The highest BCUT2D eigenvalue weighted by Gasteiger charge is 2.10. The van der Waals surface area contributed by atoms with Crippen molar-refractivity contribution in [3.05, 3.63) is 54.6 Å². The Hall–Kier alpha value is -1.30. The minimum Gasteiger partial charge on any atom is -0.103 e. The van der Waals surface area contributed by atoms with E-state index < -0.39 is 0 Å². The summed E-state index contributed by atoms with van der Waals surface area (Å²) in [6.45, 7) is 8.20. The number of rotatable bonds is 4. The van der Waals surface area contributed by atoms with E-state index in [0.29, 0.717) is 0 Å². The smallest absolute Gasteiger partial charge is 0.0137 e. The van der Waals surface area contributed by atoms with Gasteiger partial charge in [-0.1, -0.05) is 62.4 Å². The van der Waals surface area contributed by atoms with E-state index in [9.17, 15) is 0 Å². The molecule has 0 aliphatic heterocycles. The number of benzene rings is 1. The Bertz CT molecular complexity index is 304. The van der Waals surface area contributed by atoms with Crippen LogP contribution in [0.25, 0.3) is 6.08 Å². The lowest BCUT2D eigenvalue weighted by Gasteiger charge is -2.17. The normalized spacial score (nSPS) is 11.9. The molecule has 1 rings (SSSR count). The van der Waals surface area contributed by atoms with E-state index in [0.717, 1.165) is 6.42 Å². The molecule has 0 fully saturated rings. The van der Waals surface area contributed by atoms with Crippen LogP contribution in [-0.2, 0) is 0 Å². The number of allylic oxidation sites excluding steroid dienone is 2. The van der Waals surface area contributed by atoms with Crippen LogP contribution in [-0.4, -0.2) is 0 Å². The Kier molecular flexibility index (Phi) is 3.70. The monoisotopic (exact) mass is 186 g/mol. The van der Waals surface area contributed by atoms with E-state index in [1.165, 1.54) is 5.56 Å². The van der Waals surface area contributed by atoms with Crippen molar-refractivity contribution in [1.29, 1.82) is 0 Å². The predicted octanol–water partition coefficient (Wildman–Crippen LogP) is 4.30. The van der Waals surface area contributed by atoms with E-state index in [1.807, 2.05) is 12.1 Å². The first kappa shape index (κ1) is 10.8. The van der Waals surface area contributed by atoms with Crippen molar-refractivity contribution in [2.24, 2.45) is 5.41 Å². The summed E-state index contributed by atoms with van der Waals surface area (Å²) in [7, 11) is 0. The van der Waals surface area contributed by atoms with Crippen LogP contribution in [0.4, 0.5) is 0 Å². The second kappa shape index (κ2) is 4.80. The van der Waals surface area contributed by atoms with Crippen molar-refractivity contribution in [3.8, 4) is 0 Å².